The lowest BCUT2D eigenvalue weighted by Crippen LogP contribution is -2.47. The molecule has 110 valence electrons. The molecule has 4 heteroatoms. The highest BCUT2D eigenvalue weighted by Gasteiger charge is 2.45. The van der Waals surface area contributed by atoms with Gasteiger partial charge in [-0.15, -0.1) is 0 Å². The number of aliphatic hydroxyl groups excluding tert-OH is 1. The van der Waals surface area contributed by atoms with Gasteiger partial charge in [-0.25, -0.2) is 0 Å². The van der Waals surface area contributed by atoms with Crippen LogP contribution in [0.25, 0.3) is 0 Å². The Morgan fingerprint density at radius 1 is 1.15 bits per heavy atom. The Morgan fingerprint density at radius 2 is 1.80 bits per heavy atom. The van der Waals surface area contributed by atoms with Gasteiger partial charge in [-0.3, -0.25) is 0 Å². The Kier molecular flexibility index (Phi) is 3.71. The average molecular weight is 278 g/mol. The van der Waals surface area contributed by atoms with E-state index in [0.29, 0.717) is 26.1 Å². The summed E-state index contributed by atoms with van der Waals surface area (Å²) in [6, 6.07) is 6.10. The van der Waals surface area contributed by atoms with Gasteiger partial charge >= 0.3 is 0 Å². The topological polar surface area (TPSA) is 47.9 Å². The molecule has 1 spiro atoms. The van der Waals surface area contributed by atoms with Gasteiger partial charge in [0.1, 0.15) is 11.9 Å². The van der Waals surface area contributed by atoms with Crippen molar-refractivity contribution in [3.8, 4) is 5.75 Å². The van der Waals surface area contributed by atoms with E-state index in [1.54, 1.807) is 0 Å². The highest BCUT2D eigenvalue weighted by molar-refractivity contribution is 5.33. The molecule has 0 radical (unpaired) electrons. The lowest BCUT2D eigenvalue weighted by atomic mass is 9.89. The maximum Gasteiger partial charge on any atom is 0.172 e. The summed E-state index contributed by atoms with van der Waals surface area (Å²) in [6.07, 6.45) is 1.23. The molecule has 1 saturated carbocycles. The van der Waals surface area contributed by atoms with E-state index < -0.39 is 11.9 Å². The molecule has 4 nitrogen and oxygen atoms in total. The fraction of sp³-hybridized carbons (Fsp3) is 0.625. The molecule has 1 aromatic rings. The second-order valence-corrected chi connectivity index (χ2v) is 5.90. The van der Waals surface area contributed by atoms with Crippen molar-refractivity contribution >= 4 is 0 Å². The quantitative estimate of drug-likeness (QED) is 0.902. The van der Waals surface area contributed by atoms with Crippen molar-refractivity contribution in [3.05, 3.63) is 29.3 Å². The molecular formula is C16H22O4. The van der Waals surface area contributed by atoms with Gasteiger partial charge in [-0.2, -0.15) is 0 Å². The summed E-state index contributed by atoms with van der Waals surface area (Å²) in [4.78, 5) is 0. The van der Waals surface area contributed by atoms with Crippen LogP contribution in [0.5, 0.6) is 5.75 Å². The summed E-state index contributed by atoms with van der Waals surface area (Å²) in [5, 5.41) is 10.2. The second kappa shape index (κ2) is 5.35. The van der Waals surface area contributed by atoms with Gasteiger partial charge in [-0.05, 0) is 43.5 Å². The zero-order valence-electron chi connectivity index (χ0n) is 12.1. The molecular weight excluding hydrogens is 256 g/mol. The minimum atomic E-state index is -0.539. The van der Waals surface area contributed by atoms with E-state index >= 15 is 0 Å². The molecule has 2 aliphatic rings. The van der Waals surface area contributed by atoms with E-state index in [9.17, 15) is 5.11 Å². The van der Waals surface area contributed by atoms with Crippen LogP contribution in [0.4, 0.5) is 0 Å². The number of hydrogen-bond acceptors (Lipinski definition) is 4. The standard InChI is InChI=1S/C16H22O4/c1-11-7-12(2)9-13(8-11)20-15-10-16(4-3-14(15)17)18-5-6-19-16/h7-9,14-15,17H,3-6,10H2,1-2H3. The van der Waals surface area contributed by atoms with E-state index in [1.807, 2.05) is 26.0 Å². The van der Waals surface area contributed by atoms with Gasteiger partial charge in [0.25, 0.3) is 0 Å². The fourth-order valence-electron chi connectivity index (χ4n) is 3.15. The summed E-state index contributed by atoms with van der Waals surface area (Å²) in [5.74, 6) is 0.268. The van der Waals surface area contributed by atoms with Crippen LogP contribution < -0.4 is 4.74 Å². The summed E-state index contributed by atoms with van der Waals surface area (Å²) >= 11 is 0. The first-order chi connectivity index (χ1) is 9.56. The van der Waals surface area contributed by atoms with Crippen LogP contribution in [0.2, 0.25) is 0 Å². The Hall–Kier alpha value is -1.10. The summed E-state index contributed by atoms with van der Waals surface area (Å²) in [5.41, 5.74) is 2.32. The monoisotopic (exact) mass is 278 g/mol. The third kappa shape index (κ3) is 2.82. The molecule has 1 N–H and O–H groups in total. The number of benzene rings is 1. The van der Waals surface area contributed by atoms with Crippen molar-refractivity contribution in [3.63, 3.8) is 0 Å². The first-order valence-electron chi connectivity index (χ1n) is 7.27. The molecule has 1 aromatic carbocycles. The van der Waals surface area contributed by atoms with E-state index in [2.05, 4.69) is 6.07 Å². The first kappa shape index (κ1) is 13.9. The zero-order valence-corrected chi connectivity index (χ0v) is 12.1. The van der Waals surface area contributed by atoms with Crippen LogP contribution in [0, 0.1) is 13.8 Å². The predicted molar refractivity (Wildman–Crippen MR) is 74.8 cm³/mol. The van der Waals surface area contributed by atoms with E-state index in [0.717, 1.165) is 23.3 Å². The van der Waals surface area contributed by atoms with Gasteiger partial charge in [0.05, 0.1) is 19.3 Å². The summed E-state index contributed by atoms with van der Waals surface area (Å²) in [7, 11) is 0. The van der Waals surface area contributed by atoms with Crippen molar-refractivity contribution < 1.29 is 19.3 Å². The molecule has 1 saturated heterocycles. The van der Waals surface area contributed by atoms with Crippen LogP contribution >= 0.6 is 0 Å². The number of aryl methyl sites for hydroxylation is 2. The minimum Gasteiger partial charge on any atom is -0.488 e. The Bertz CT molecular complexity index is 459. The molecule has 20 heavy (non-hydrogen) atoms. The van der Waals surface area contributed by atoms with Gasteiger partial charge in [0.2, 0.25) is 0 Å². The van der Waals surface area contributed by atoms with E-state index in [1.165, 1.54) is 0 Å². The Labute approximate surface area is 119 Å². The van der Waals surface area contributed by atoms with Crippen LogP contribution in [-0.4, -0.2) is 36.3 Å². The zero-order chi connectivity index (χ0) is 14.2. The van der Waals surface area contributed by atoms with Crippen LogP contribution in [0.3, 0.4) is 0 Å². The molecule has 1 aliphatic heterocycles. The molecule has 2 unspecified atom stereocenters. The van der Waals surface area contributed by atoms with Crippen LogP contribution in [-0.2, 0) is 9.47 Å². The van der Waals surface area contributed by atoms with Crippen molar-refractivity contribution in [2.75, 3.05) is 13.2 Å². The Balaban J connectivity index is 1.74. The van der Waals surface area contributed by atoms with Crippen molar-refractivity contribution in [2.24, 2.45) is 0 Å². The van der Waals surface area contributed by atoms with Gasteiger partial charge < -0.3 is 19.3 Å². The third-order valence-corrected chi connectivity index (χ3v) is 4.06. The summed E-state index contributed by atoms with van der Waals surface area (Å²) < 4.78 is 17.5. The number of ether oxygens (including phenoxy) is 3. The summed E-state index contributed by atoms with van der Waals surface area (Å²) in [6.45, 7) is 5.35. The van der Waals surface area contributed by atoms with Gasteiger partial charge in [0.15, 0.2) is 5.79 Å². The highest BCUT2D eigenvalue weighted by Crippen LogP contribution is 2.37. The van der Waals surface area contributed by atoms with Gasteiger partial charge in [-0.1, -0.05) is 6.07 Å². The van der Waals surface area contributed by atoms with Crippen molar-refractivity contribution in [1.29, 1.82) is 0 Å². The van der Waals surface area contributed by atoms with Crippen molar-refractivity contribution in [1.82, 2.24) is 0 Å². The van der Waals surface area contributed by atoms with Gasteiger partial charge in [0, 0.05) is 12.8 Å². The molecule has 0 aromatic heterocycles. The lowest BCUT2D eigenvalue weighted by molar-refractivity contribution is -0.209. The van der Waals surface area contributed by atoms with E-state index in [-0.39, 0.29) is 6.10 Å². The molecule has 1 aliphatic carbocycles. The second-order valence-electron chi connectivity index (χ2n) is 5.90. The maximum atomic E-state index is 10.2. The number of rotatable bonds is 2. The molecule has 1 heterocycles. The first-order valence-corrected chi connectivity index (χ1v) is 7.27. The predicted octanol–water partition coefficient (Wildman–Crippen LogP) is 2.34. The normalized spacial score (nSPS) is 28.8. The number of aliphatic hydroxyl groups is 1. The SMILES string of the molecule is Cc1cc(C)cc(OC2CC3(CCC2O)OCCO3)c1. The molecule has 0 bridgehead atoms. The molecule has 2 fully saturated rings. The Morgan fingerprint density at radius 3 is 2.45 bits per heavy atom. The van der Waals surface area contributed by atoms with Crippen LogP contribution in [0.15, 0.2) is 18.2 Å². The maximum absolute atomic E-state index is 10.2. The number of hydrogen-bond donors (Lipinski definition) is 1. The minimum absolute atomic E-state index is 0.275. The van der Waals surface area contributed by atoms with Crippen molar-refractivity contribution in [2.45, 2.75) is 51.1 Å². The van der Waals surface area contributed by atoms with Crippen LogP contribution in [0.1, 0.15) is 30.4 Å². The lowest BCUT2D eigenvalue weighted by Gasteiger charge is -2.38. The third-order valence-electron chi connectivity index (χ3n) is 4.06. The van der Waals surface area contributed by atoms with E-state index in [4.69, 9.17) is 14.2 Å². The fourth-order valence-corrected chi connectivity index (χ4v) is 3.15. The highest BCUT2D eigenvalue weighted by atomic mass is 16.7. The molecule has 3 rings (SSSR count). The molecule has 0 amide bonds. The smallest absolute Gasteiger partial charge is 0.172 e. The largest absolute Gasteiger partial charge is 0.488 e. The average Bonchev–Trinajstić information content (AvgIpc) is 2.81. The molecule has 2 atom stereocenters.